The molecule has 0 saturated heterocycles. The van der Waals surface area contributed by atoms with Crippen molar-refractivity contribution in [2.24, 2.45) is 4.99 Å². The van der Waals surface area contributed by atoms with Crippen molar-refractivity contribution in [3.05, 3.63) is 59.4 Å². The molecule has 6 nitrogen and oxygen atoms in total. The lowest BCUT2D eigenvalue weighted by atomic mass is 10.1. The third kappa shape index (κ3) is 4.60. The summed E-state index contributed by atoms with van der Waals surface area (Å²) in [5.74, 6) is -0.259. The van der Waals surface area contributed by atoms with Crippen molar-refractivity contribution in [1.29, 1.82) is 0 Å². The molecular weight excluding hydrogens is 347 g/mol. The van der Waals surface area contributed by atoms with Gasteiger partial charge < -0.3 is 10.1 Å². The molecule has 1 N–H and O–H groups in total. The SMILES string of the molecule is CC1=NC(C(=O)Nc2ccc(Cl)cn2)=CC(Oc2cncc(F)c2)C1. The number of pyridine rings is 2. The van der Waals surface area contributed by atoms with Crippen molar-refractivity contribution in [2.45, 2.75) is 19.4 Å². The fraction of sp³-hybridized carbons (Fsp3) is 0.176. The van der Waals surface area contributed by atoms with Crippen LogP contribution in [0.3, 0.4) is 0 Å². The summed E-state index contributed by atoms with van der Waals surface area (Å²) in [6.45, 7) is 1.79. The zero-order valence-corrected chi connectivity index (χ0v) is 14.0. The molecule has 0 aromatic carbocycles. The monoisotopic (exact) mass is 360 g/mol. The van der Waals surface area contributed by atoms with E-state index in [-0.39, 0.29) is 11.4 Å². The van der Waals surface area contributed by atoms with Crippen molar-refractivity contribution in [2.75, 3.05) is 5.32 Å². The van der Waals surface area contributed by atoms with Crippen LogP contribution in [-0.4, -0.2) is 27.7 Å². The van der Waals surface area contributed by atoms with Crippen molar-refractivity contribution in [3.63, 3.8) is 0 Å². The first-order chi connectivity index (χ1) is 12.0. The summed E-state index contributed by atoms with van der Waals surface area (Å²) in [5.41, 5.74) is 0.931. The predicted octanol–water partition coefficient (Wildman–Crippen LogP) is 3.40. The molecule has 0 aliphatic carbocycles. The van der Waals surface area contributed by atoms with Gasteiger partial charge in [-0.3, -0.25) is 14.8 Å². The average molecular weight is 361 g/mol. The number of carbonyl (C=O) groups is 1. The van der Waals surface area contributed by atoms with Crippen LogP contribution in [0.25, 0.3) is 0 Å². The van der Waals surface area contributed by atoms with E-state index in [9.17, 15) is 9.18 Å². The van der Waals surface area contributed by atoms with Gasteiger partial charge in [-0.1, -0.05) is 11.6 Å². The van der Waals surface area contributed by atoms with Crippen LogP contribution in [0.2, 0.25) is 5.02 Å². The van der Waals surface area contributed by atoms with Crippen LogP contribution in [0.4, 0.5) is 10.2 Å². The third-order valence-corrected chi connectivity index (χ3v) is 3.54. The van der Waals surface area contributed by atoms with Gasteiger partial charge in [0, 0.05) is 24.4 Å². The summed E-state index contributed by atoms with van der Waals surface area (Å²) in [7, 11) is 0. The molecule has 3 rings (SSSR count). The topological polar surface area (TPSA) is 76.5 Å². The maximum absolute atomic E-state index is 13.2. The second kappa shape index (κ2) is 7.40. The molecule has 128 valence electrons. The summed E-state index contributed by atoms with van der Waals surface area (Å²) in [5, 5.41) is 3.11. The molecule has 1 unspecified atom stereocenters. The Labute approximate surface area is 148 Å². The lowest BCUT2D eigenvalue weighted by Crippen LogP contribution is -2.25. The van der Waals surface area contributed by atoms with Crippen LogP contribution in [0.15, 0.2) is 53.6 Å². The molecule has 2 aromatic rings. The Morgan fingerprint density at radius 2 is 2.20 bits per heavy atom. The van der Waals surface area contributed by atoms with Gasteiger partial charge in [0.1, 0.15) is 29.2 Å². The molecule has 1 aliphatic heterocycles. The van der Waals surface area contributed by atoms with E-state index in [1.54, 1.807) is 25.1 Å². The highest BCUT2D eigenvalue weighted by Gasteiger charge is 2.21. The number of hydrogen-bond acceptors (Lipinski definition) is 5. The van der Waals surface area contributed by atoms with E-state index in [0.29, 0.717) is 17.3 Å². The molecule has 0 saturated carbocycles. The predicted molar refractivity (Wildman–Crippen MR) is 92.3 cm³/mol. The van der Waals surface area contributed by atoms with Crippen LogP contribution in [0, 0.1) is 5.82 Å². The number of rotatable bonds is 4. The molecule has 0 spiro atoms. The zero-order chi connectivity index (χ0) is 17.8. The standard InChI is InChI=1S/C17H14ClFN4O2/c1-10-4-13(25-14-5-12(19)8-20-9-14)6-15(22-10)17(24)23-16-3-2-11(18)7-21-16/h2-3,5-9,13H,4H2,1H3,(H,21,23,24). The first kappa shape index (κ1) is 17.0. The first-order valence-corrected chi connectivity index (χ1v) is 7.83. The van der Waals surface area contributed by atoms with Crippen LogP contribution in [-0.2, 0) is 4.79 Å². The number of hydrogen-bond donors (Lipinski definition) is 1. The van der Waals surface area contributed by atoms with E-state index in [1.165, 1.54) is 18.5 Å². The largest absolute Gasteiger partial charge is 0.484 e. The van der Waals surface area contributed by atoms with Gasteiger partial charge in [0.15, 0.2) is 0 Å². The number of nitrogens with zero attached hydrogens (tertiary/aromatic N) is 3. The Kier molecular flexibility index (Phi) is 5.04. The van der Waals surface area contributed by atoms with Crippen molar-refractivity contribution in [3.8, 4) is 5.75 Å². The van der Waals surface area contributed by atoms with E-state index in [4.69, 9.17) is 16.3 Å². The first-order valence-electron chi connectivity index (χ1n) is 7.46. The quantitative estimate of drug-likeness (QED) is 0.906. The number of aliphatic imine (C=N–C) groups is 1. The molecule has 25 heavy (non-hydrogen) atoms. The van der Waals surface area contributed by atoms with E-state index >= 15 is 0 Å². The second-order valence-electron chi connectivity index (χ2n) is 5.41. The normalized spacial score (nSPS) is 16.7. The smallest absolute Gasteiger partial charge is 0.275 e. The molecule has 0 bridgehead atoms. The number of amides is 1. The number of halogens is 2. The summed E-state index contributed by atoms with van der Waals surface area (Å²) < 4.78 is 18.9. The maximum Gasteiger partial charge on any atom is 0.275 e. The van der Waals surface area contributed by atoms with Gasteiger partial charge in [-0.15, -0.1) is 0 Å². The molecular formula is C17H14ClFN4O2. The molecule has 8 heteroatoms. The van der Waals surface area contributed by atoms with Gasteiger partial charge in [-0.05, 0) is 25.1 Å². The van der Waals surface area contributed by atoms with Crippen LogP contribution in [0.5, 0.6) is 5.75 Å². The third-order valence-electron chi connectivity index (χ3n) is 3.32. The van der Waals surface area contributed by atoms with Gasteiger partial charge >= 0.3 is 0 Å². The minimum atomic E-state index is -0.491. The number of carbonyl (C=O) groups excluding carboxylic acids is 1. The van der Waals surface area contributed by atoms with E-state index in [2.05, 4.69) is 20.3 Å². The summed E-state index contributed by atoms with van der Waals surface area (Å²) in [4.78, 5) is 24.4. The highest BCUT2D eigenvalue weighted by molar-refractivity contribution is 6.30. The van der Waals surface area contributed by atoms with Gasteiger partial charge in [-0.25, -0.2) is 9.37 Å². The highest BCUT2D eigenvalue weighted by atomic mass is 35.5. The van der Waals surface area contributed by atoms with Gasteiger partial charge in [0.2, 0.25) is 0 Å². The number of aromatic nitrogens is 2. The molecule has 0 fully saturated rings. The van der Waals surface area contributed by atoms with Gasteiger partial charge in [0.25, 0.3) is 5.91 Å². The Morgan fingerprint density at radius 3 is 2.92 bits per heavy atom. The number of nitrogens with one attached hydrogen (secondary N) is 1. The lowest BCUT2D eigenvalue weighted by Gasteiger charge is -2.20. The summed E-state index contributed by atoms with van der Waals surface area (Å²) >= 11 is 5.77. The van der Waals surface area contributed by atoms with E-state index in [0.717, 1.165) is 11.9 Å². The zero-order valence-electron chi connectivity index (χ0n) is 13.2. The number of anilines is 1. The Hall–Kier alpha value is -2.80. The Bertz CT molecular complexity index is 852. The molecule has 0 radical (unpaired) electrons. The fourth-order valence-electron chi connectivity index (χ4n) is 2.28. The average Bonchev–Trinajstić information content (AvgIpc) is 2.56. The van der Waals surface area contributed by atoms with Crippen LogP contribution >= 0.6 is 11.6 Å². The molecule has 1 aliphatic rings. The minimum Gasteiger partial charge on any atom is -0.484 e. The summed E-state index contributed by atoms with van der Waals surface area (Å²) in [6.07, 6.45) is 5.57. The Morgan fingerprint density at radius 1 is 1.36 bits per heavy atom. The molecule has 2 aromatic heterocycles. The van der Waals surface area contributed by atoms with Crippen molar-refractivity contribution in [1.82, 2.24) is 9.97 Å². The van der Waals surface area contributed by atoms with Crippen molar-refractivity contribution >= 4 is 29.0 Å². The molecule has 1 atom stereocenters. The highest BCUT2D eigenvalue weighted by Crippen LogP contribution is 2.20. The number of ether oxygens (including phenoxy) is 1. The van der Waals surface area contributed by atoms with Crippen molar-refractivity contribution < 1.29 is 13.9 Å². The molecule has 1 amide bonds. The Balaban J connectivity index is 1.73. The fourth-order valence-corrected chi connectivity index (χ4v) is 2.39. The second-order valence-corrected chi connectivity index (χ2v) is 5.85. The van der Waals surface area contributed by atoms with Gasteiger partial charge in [-0.2, -0.15) is 0 Å². The van der Waals surface area contributed by atoms with Crippen LogP contribution < -0.4 is 10.1 Å². The molecule has 3 heterocycles. The lowest BCUT2D eigenvalue weighted by molar-refractivity contribution is -0.113. The van der Waals surface area contributed by atoms with Gasteiger partial charge in [0.05, 0.1) is 17.4 Å². The van der Waals surface area contributed by atoms with E-state index < -0.39 is 17.8 Å². The summed E-state index contributed by atoms with van der Waals surface area (Å²) in [6, 6.07) is 4.45. The minimum absolute atomic E-state index is 0.204. The maximum atomic E-state index is 13.2. The van der Waals surface area contributed by atoms with E-state index in [1.807, 2.05) is 0 Å². The van der Waals surface area contributed by atoms with Crippen LogP contribution in [0.1, 0.15) is 13.3 Å².